The largest absolute Gasteiger partial charge is 0.478 e. The van der Waals surface area contributed by atoms with Crippen LogP contribution in [0.2, 0.25) is 0 Å². The normalized spacial score (nSPS) is 28.2. The molecule has 0 radical (unpaired) electrons. The Hall–Kier alpha value is -1.58. The summed E-state index contributed by atoms with van der Waals surface area (Å²) in [5.74, 6) is 1.51. The van der Waals surface area contributed by atoms with Gasteiger partial charge in [0.05, 0.1) is 5.57 Å². The molecule has 0 aromatic heterocycles. The third-order valence-electron chi connectivity index (χ3n) is 6.56. The summed E-state index contributed by atoms with van der Waals surface area (Å²) in [6, 6.07) is 0.450. The van der Waals surface area contributed by atoms with E-state index in [0.29, 0.717) is 35.8 Å². The van der Waals surface area contributed by atoms with Crippen LogP contribution < -0.4 is 0 Å². The van der Waals surface area contributed by atoms with Gasteiger partial charge in [-0.05, 0) is 55.8 Å². The zero-order valence-corrected chi connectivity index (χ0v) is 17.5. The molecule has 2 aliphatic rings. The summed E-state index contributed by atoms with van der Waals surface area (Å²) in [5.41, 5.74) is 0.409. The quantitative estimate of drug-likeness (QED) is 0.453. The molecule has 3 atom stereocenters. The molecule has 2 rings (SSSR count). The number of carboxylic acid groups (broad SMARTS) is 1. The molecule has 4 heteroatoms. The predicted octanol–water partition coefficient (Wildman–Crippen LogP) is 5.05. The van der Waals surface area contributed by atoms with E-state index in [1.807, 2.05) is 19.9 Å². The molecule has 1 amide bonds. The van der Waals surface area contributed by atoms with Gasteiger partial charge in [-0.15, -0.1) is 0 Å². The van der Waals surface area contributed by atoms with E-state index < -0.39 is 5.97 Å². The molecule has 1 saturated carbocycles. The van der Waals surface area contributed by atoms with E-state index in [0.717, 1.165) is 38.1 Å². The van der Waals surface area contributed by atoms with Crippen molar-refractivity contribution < 1.29 is 14.7 Å². The summed E-state index contributed by atoms with van der Waals surface area (Å²) in [4.78, 5) is 25.6. The number of aliphatic carboxylic acids is 1. The fourth-order valence-electron chi connectivity index (χ4n) is 4.44. The summed E-state index contributed by atoms with van der Waals surface area (Å²) in [7, 11) is 0. The molecule has 1 saturated heterocycles. The maximum Gasteiger partial charge on any atom is 0.335 e. The highest BCUT2D eigenvalue weighted by atomic mass is 16.4. The first-order valence-electron chi connectivity index (χ1n) is 10.8. The molecule has 0 aromatic rings. The van der Waals surface area contributed by atoms with Crippen molar-refractivity contribution >= 4 is 11.9 Å². The van der Waals surface area contributed by atoms with Crippen molar-refractivity contribution in [3.63, 3.8) is 0 Å². The number of rotatable bonds is 9. The fraction of sp³-hybridized carbons (Fsp3) is 0.739. The third kappa shape index (κ3) is 5.95. The molecule has 3 unspecified atom stereocenters. The SMILES string of the molecule is CCC(=O)N1CCCC1CC1CC(C(C)/C=C\C(=C/C(C)CC)C(=O)O)C1. The first kappa shape index (κ1) is 21.7. The number of carboxylic acids is 1. The topological polar surface area (TPSA) is 57.6 Å². The van der Waals surface area contributed by atoms with Crippen molar-refractivity contribution in [2.75, 3.05) is 6.54 Å². The van der Waals surface area contributed by atoms with Crippen LogP contribution in [0.25, 0.3) is 0 Å². The van der Waals surface area contributed by atoms with Crippen molar-refractivity contribution in [3.05, 3.63) is 23.8 Å². The smallest absolute Gasteiger partial charge is 0.335 e. The van der Waals surface area contributed by atoms with Gasteiger partial charge in [-0.3, -0.25) is 4.79 Å². The van der Waals surface area contributed by atoms with Gasteiger partial charge in [-0.1, -0.05) is 52.3 Å². The maximum atomic E-state index is 12.1. The van der Waals surface area contributed by atoms with Crippen LogP contribution in [0.3, 0.4) is 0 Å². The Bertz CT molecular complexity index is 574. The zero-order valence-electron chi connectivity index (χ0n) is 17.5. The molecule has 4 nitrogen and oxygen atoms in total. The number of amides is 1. The molecule has 1 N–H and O–H groups in total. The molecule has 2 fully saturated rings. The van der Waals surface area contributed by atoms with Crippen molar-refractivity contribution in [3.8, 4) is 0 Å². The van der Waals surface area contributed by atoms with Gasteiger partial charge in [0.15, 0.2) is 0 Å². The lowest BCUT2D eigenvalue weighted by molar-refractivity contribution is -0.133. The van der Waals surface area contributed by atoms with Gasteiger partial charge in [0, 0.05) is 19.0 Å². The molecule has 0 bridgehead atoms. The lowest BCUT2D eigenvalue weighted by Gasteiger charge is -2.41. The van der Waals surface area contributed by atoms with E-state index in [1.54, 1.807) is 6.08 Å². The number of carbonyl (C=O) groups excluding carboxylic acids is 1. The average Bonchev–Trinajstić information content (AvgIpc) is 3.07. The van der Waals surface area contributed by atoms with Gasteiger partial charge < -0.3 is 10.0 Å². The van der Waals surface area contributed by atoms with Gasteiger partial charge >= 0.3 is 5.97 Å². The van der Waals surface area contributed by atoms with Gasteiger partial charge in [0.1, 0.15) is 0 Å². The number of allylic oxidation sites excluding steroid dienone is 2. The van der Waals surface area contributed by atoms with E-state index in [1.165, 1.54) is 12.8 Å². The molecule has 0 spiro atoms. The standard InChI is InChI=1S/C23H37NO3/c1-5-16(3)12-19(23(26)27)10-9-17(4)20-13-18(14-20)15-21-8-7-11-24(21)22(25)6-2/h9-10,12,16-18,20-21H,5-8,11,13-15H2,1-4H3,(H,26,27)/b10-9-,19-12+. The summed E-state index contributed by atoms with van der Waals surface area (Å²) in [6.45, 7) is 9.20. The van der Waals surface area contributed by atoms with Crippen molar-refractivity contribution in [1.82, 2.24) is 4.90 Å². The fourth-order valence-corrected chi connectivity index (χ4v) is 4.44. The van der Waals surface area contributed by atoms with E-state index >= 15 is 0 Å². The van der Waals surface area contributed by atoms with Crippen molar-refractivity contribution in [2.24, 2.45) is 23.7 Å². The molecule has 27 heavy (non-hydrogen) atoms. The van der Waals surface area contributed by atoms with Crippen LogP contribution in [0.1, 0.15) is 72.6 Å². The van der Waals surface area contributed by atoms with Gasteiger partial charge in [0.25, 0.3) is 0 Å². The molecule has 1 aliphatic carbocycles. The number of likely N-dealkylation sites (tertiary alicyclic amines) is 1. The van der Waals surface area contributed by atoms with E-state index in [-0.39, 0.29) is 5.92 Å². The minimum atomic E-state index is -0.841. The number of carbonyl (C=O) groups is 2. The summed E-state index contributed by atoms with van der Waals surface area (Å²) in [5, 5.41) is 9.38. The van der Waals surface area contributed by atoms with Crippen LogP contribution in [0.4, 0.5) is 0 Å². The zero-order chi connectivity index (χ0) is 20.0. The first-order chi connectivity index (χ1) is 12.8. The van der Waals surface area contributed by atoms with Crippen molar-refractivity contribution in [1.29, 1.82) is 0 Å². The van der Waals surface area contributed by atoms with Crippen LogP contribution in [-0.4, -0.2) is 34.5 Å². The van der Waals surface area contributed by atoms with Crippen LogP contribution in [-0.2, 0) is 9.59 Å². The van der Waals surface area contributed by atoms with Crippen LogP contribution in [0.15, 0.2) is 23.8 Å². The lowest BCUT2D eigenvalue weighted by Crippen LogP contribution is -2.39. The van der Waals surface area contributed by atoms with E-state index in [2.05, 4.69) is 24.8 Å². The molecule has 152 valence electrons. The molecule has 0 aromatic carbocycles. The minimum Gasteiger partial charge on any atom is -0.478 e. The number of hydrogen-bond acceptors (Lipinski definition) is 2. The summed E-state index contributed by atoms with van der Waals surface area (Å²) in [6.07, 6.45) is 13.1. The summed E-state index contributed by atoms with van der Waals surface area (Å²) < 4.78 is 0. The third-order valence-corrected chi connectivity index (χ3v) is 6.56. The average molecular weight is 376 g/mol. The number of nitrogens with zero attached hydrogens (tertiary/aromatic N) is 1. The van der Waals surface area contributed by atoms with E-state index in [4.69, 9.17) is 0 Å². The second kappa shape index (κ2) is 10.1. The Morgan fingerprint density at radius 1 is 1.22 bits per heavy atom. The van der Waals surface area contributed by atoms with Crippen LogP contribution in [0.5, 0.6) is 0 Å². The highest BCUT2D eigenvalue weighted by Crippen LogP contribution is 2.43. The van der Waals surface area contributed by atoms with Crippen LogP contribution >= 0.6 is 0 Å². The van der Waals surface area contributed by atoms with Crippen LogP contribution in [0, 0.1) is 23.7 Å². The second-order valence-electron chi connectivity index (χ2n) is 8.60. The minimum absolute atomic E-state index is 0.282. The highest BCUT2D eigenvalue weighted by molar-refractivity contribution is 5.89. The van der Waals surface area contributed by atoms with Gasteiger partial charge in [-0.2, -0.15) is 0 Å². The Kier molecular flexibility index (Phi) is 8.12. The monoisotopic (exact) mass is 375 g/mol. The Balaban J connectivity index is 1.82. The molecular weight excluding hydrogens is 338 g/mol. The molecule has 1 aliphatic heterocycles. The highest BCUT2D eigenvalue weighted by Gasteiger charge is 2.36. The van der Waals surface area contributed by atoms with Gasteiger partial charge in [0.2, 0.25) is 5.91 Å². The predicted molar refractivity (Wildman–Crippen MR) is 109 cm³/mol. The summed E-state index contributed by atoms with van der Waals surface area (Å²) >= 11 is 0. The Labute approximate surface area is 164 Å². The van der Waals surface area contributed by atoms with E-state index in [9.17, 15) is 14.7 Å². The molecular formula is C23H37NO3. The molecule has 1 heterocycles. The van der Waals surface area contributed by atoms with Gasteiger partial charge in [-0.25, -0.2) is 4.79 Å². The Morgan fingerprint density at radius 2 is 1.93 bits per heavy atom. The van der Waals surface area contributed by atoms with Crippen molar-refractivity contribution in [2.45, 2.75) is 78.7 Å². The lowest BCUT2D eigenvalue weighted by atomic mass is 9.67. The first-order valence-corrected chi connectivity index (χ1v) is 10.8. The maximum absolute atomic E-state index is 12.1. The second-order valence-corrected chi connectivity index (χ2v) is 8.60. The Morgan fingerprint density at radius 3 is 2.52 bits per heavy atom. The number of hydrogen-bond donors (Lipinski definition) is 1.